The first-order valence-corrected chi connectivity index (χ1v) is 6.28. The fraction of sp³-hybridized carbons (Fsp3) is 0.538. The zero-order valence-corrected chi connectivity index (χ0v) is 11.2. The number of hydrogen-bond donors (Lipinski definition) is 0. The number of rotatable bonds is 3. The third kappa shape index (κ3) is 3.20. The van der Waals surface area contributed by atoms with Crippen LogP contribution >= 0.6 is 0 Å². The molecular weight excluding hydrogens is 249 g/mol. The zero-order valence-electron chi connectivity index (χ0n) is 11.2. The molecule has 1 fully saturated rings. The molecule has 1 aromatic rings. The maximum absolute atomic E-state index is 13.8. The summed E-state index contributed by atoms with van der Waals surface area (Å²) < 4.78 is 21.0. The highest BCUT2D eigenvalue weighted by Gasteiger charge is 2.18. The van der Waals surface area contributed by atoms with Gasteiger partial charge in [-0.05, 0) is 12.8 Å². The van der Waals surface area contributed by atoms with Gasteiger partial charge in [-0.15, -0.1) is 0 Å². The van der Waals surface area contributed by atoms with E-state index in [-0.39, 0.29) is 6.04 Å². The second kappa shape index (κ2) is 5.97. The Bertz CT molecular complexity index is 476. The molecule has 0 spiro atoms. The Hall–Kier alpha value is -1.69. The third-order valence-corrected chi connectivity index (χ3v) is 3.17. The molecule has 6 heteroatoms. The molecule has 1 aromatic heterocycles. The number of imidazole rings is 1. The van der Waals surface area contributed by atoms with E-state index >= 15 is 0 Å². The molecular formula is C13H18FN3O2. The third-order valence-electron chi connectivity index (χ3n) is 3.17. The van der Waals surface area contributed by atoms with Gasteiger partial charge >= 0.3 is 0 Å². The molecule has 0 bridgehead atoms. The van der Waals surface area contributed by atoms with Gasteiger partial charge in [0.25, 0.3) is 5.91 Å². The molecule has 1 saturated heterocycles. The van der Waals surface area contributed by atoms with Crippen molar-refractivity contribution in [1.29, 1.82) is 0 Å². The summed E-state index contributed by atoms with van der Waals surface area (Å²) in [5.41, 5.74) is 0.611. The van der Waals surface area contributed by atoms with Crippen molar-refractivity contribution in [3.05, 3.63) is 24.0 Å². The second-order valence-electron chi connectivity index (χ2n) is 4.76. The predicted octanol–water partition coefficient (Wildman–Crippen LogP) is 1.63. The quantitative estimate of drug-likeness (QED) is 0.782. The van der Waals surface area contributed by atoms with Gasteiger partial charge in [0.05, 0.1) is 18.2 Å². The first kappa shape index (κ1) is 13.7. The molecule has 0 unspecified atom stereocenters. The number of nitrogens with zero attached hydrogens (tertiary/aromatic N) is 3. The minimum absolute atomic E-state index is 0.254. The van der Waals surface area contributed by atoms with Crippen molar-refractivity contribution in [2.45, 2.75) is 18.9 Å². The summed E-state index contributed by atoms with van der Waals surface area (Å²) in [7, 11) is 3.04. The molecule has 1 aliphatic rings. The first-order valence-electron chi connectivity index (χ1n) is 6.28. The number of halogens is 1. The van der Waals surface area contributed by atoms with E-state index in [1.165, 1.54) is 25.1 Å². The summed E-state index contributed by atoms with van der Waals surface area (Å²) in [5, 5.41) is 0. The number of amides is 1. The van der Waals surface area contributed by atoms with Crippen LogP contribution in [-0.2, 0) is 9.53 Å². The molecule has 2 rings (SSSR count). The van der Waals surface area contributed by atoms with Gasteiger partial charge in [-0.2, -0.15) is 0 Å². The van der Waals surface area contributed by atoms with Crippen LogP contribution < -0.4 is 0 Å². The molecule has 1 aliphatic heterocycles. The highest BCUT2D eigenvalue weighted by molar-refractivity contribution is 5.95. The second-order valence-corrected chi connectivity index (χ2v) is 4.76. The van der Waals surface area contributed by atoms with Crippen molar-refractivity contribution < 1.29 is 13.9 Å². The van der Waals surface area contributed by atoms with Crippen molar-refractivity contribution in [2.75, 3.05) is 27.3 Å². The minimum atomic E-state index is -0.779. The van der Waals surface area contributed by atoms with Gasteiger partial charge in [-0.3, -0.25) is 4.79 Å². The average Bonchev–Trinajstić information content (AvgIpc) is 2.86. The molecule has 0 N–H and O–H groups in total. The van der Waals surface area contributed by atoms with E-state index in [2.05, 4.69) is 4.98 Å². The van der Waals surface area contributed by atoms with E-state index in [4.69, 9.17) is 4.74 Å². The van der Waals surface area contributed by atoms with Crippen LogP contribution in [0.4, 0.5) is 4.39 Å². The number of aromatic nitrogens is 2. The Kier molecular flexibility index (Phi) is 4.31. The van der Waals surface area contributed by atoms with Crippen LogP contribution in [0.2, 0.25) is 0 Å². The fourth-order valence-corrected chi connectivity index (χ4v) is 2.10. The van der Waals surface area contributed by atoms with Gasteiger partial charge in [0.15, 0.2) is 5.83 Å². The van der Waals surface area contributed by atoms with Gasteiger partial charge in [0.1, 0.15) is 0 Å². The van der Waals surface area contributed by atoms with E-state index in [1.54, 1.807) is 12.5 Å². The van der Waals surface area contributed by atoms with Crippen molar-refractivity contribution in [1.82, 2.24) is 14.5 Å². The summed E-state index contributed by atoms with van der Waals surface area (Å²) >= 11 is 0. The summed E-state index contributed by atoms with van der Waals surface area (Å²) in [5.74, 6) is -1.42. The average molecular weight is 267 g/mol. The van der Waals surface area contributed by atoms with Crippen molar-refractivity contribution in [3.63, 3.8) is 0 Å². The predicted molar refractivity (Wildman–Crippen MR) is 69.1 cm³/mol. The summed E-state index contributed by atoms with van der Waals surface area (Å²) in [6, 6.07) is 0.254. The van der Waals surface area contributed by atoms with Crippen LogP contribution in [0.1, 0.15) is 24.6 Å². The number of carbonyl (C=O) groups is 1. The molecule has 1 amide bonds. The lowest BCUT2D eigenvalue weighted by molar-refractivity contribution is -0.126. The molecule has 0 aliphatic carbocycles. The lowest BCUT2D eigenvalue weighted by atomic mass is 10.1. The lowest BCUT2D eigenvalue weighted by Gasteiger charge is -2.24. The molecule has 0 aromatic carbocycles. The van der Waals surface area contributed by atoms with Crippen LogP contribution in [-0.4, -0.2) is 47.7 Å². The van der Waals surface area contributed by atoms with E-state index in [9.17, 15) is 9.18 Å². The van der Waals surface area contributed by atoms with Crippen molar-refractivity contribution in [2.24, 2.45) is 0 Å². The maximum Gasteiger partial charge on any atom is 0.282 e. The number of likely N-dealkylation sites (N-methyl/N-ethyl adjacent to an activating group) is 1. The van der Waals surface area contributed by atoms with Crippen LogP contribution in [0.5, 0.6) is 0 Å². The first-order chi connectivity index (χ1) is 9.09. The Balaban J connectivity index is 2.19. The molecule has 0 atom stereocenters. The lowest BCUT2D eigenvalue weighted by Crippen LogP contribution is -2.22. The highest BCUT2D eigenvalue weighted by atomic mass is 19.1. The molecule has 5 nitrogen and oxygen atoms in total. The molecule has 104 valence electrons. The highest BCUT2D eigenvalue weighted by Crippen LogP contribution is 2.23. The Morgan fingerprint density at radius 2 is 2.21 bits per heavy atom. The monoisotopic (exact) mass is 267 g/mol. The number of hydrogen-bond acceptors (Lipinski definition) is 3. The van der Waals surface area contributed by atoms with E-state index < -0.39 is 11.7 Å². The van der Waals surface area contributed by atoms with E-state index in [0.29, 0.717) is 18.9 Å². The zero-order chi connectivity index (χ0) is 13.8. The molecule has 2 heterocycles. The van der Waals surface area contributed by atoms with Gasteiger partial charge in [-0.25, -0.2) is 9.37 Å². The van der Waals surface area contributed by atoms with Crippen molar-refractivity contribution in [3.8, 4) is 0 Å². The molecule has 0 radical (unpaired) electrons. The summed E-state index contributed by atoms with van der Waals surface area (Å²) in [6.07, 6.45) is 6.24. The summed E-state index contributed by atoms with van der Waals surface area (Å²) in [6.45, 7) is 1.40. The maximum atomic E-state index is 13.8. The Labute approximate surface area is 111 Å². The summed E-state index contributed by atoms with van der Waals surface area (Å²) in [4.78, 5) is 16.7. The smallest absolute Gasteiger partial charge is 0.282 e. The minimum Gasteiger partial charge on any atom is -0.381 e. The van der Waals surface area contributed by atoms with Gasteiger partial charge < -0.3 is 14.2 Å². The Morgan fingerprint density at radius 3 is 2.84 bits per heavy atom. The fourth-order valence-electron chi connectivity index (χ4n) is 2.10. The van der Waals surface area contributed by atoms with E-state index in [1.807, 2.05) is 4.57 Å². The Morgan fingerprint density at radius 1 is 1.53 bits per heavy atom. The molecule has 0 saturated carbocycles. The normalized spacial score (nSPS) is 17.5. The van der Waals surface area contributed by atoms with Gasteiger partial charge in [-0.1, -0.05) is 0 Å². The number of carbonyl (C=O) groups excluding carboxylic acids is 1. The topological polar surface area (TPSA) is 47.4 Å². The number of ether oxygens (including phenoxy) is 1. The van der Waals surface area contributed by atoms with Crippen LogP contribution in [0.25, 0.3) is 6.08 Å². The van der Waals surface area contributed by atoms with Gasteiger partial charge in [0, 0.05) is 39.4 Å². The van der Waals surface area contributed by atoms with E-state index in [0.717, 1.165) is 12.8 Å². The molecule has 19 heavy (non-hydrogen) atoms. The van der Waals surface area contributed by atoms with Gasteiger partial charge in [0.2, 0.25) is 0 Å². The van der Waals surface area contributed by atoms with Crippen LogP contribution in [0.15, 0.2) is 18.4 Å². The standard InChI is InChI=1S/C13H18FN3O2/c1-16(2)13(18)12(14)7-11-8-15-9-17(11)10-3-5-19-6-4-10/h7-10H,3-6H2,1-2H3. The van der Waals surface area contributed by atoms with Crippen molar-refractivity contribution >= 4 is 12.0 Å². The van der Waals surface area contributed by atoms with Crippen LogP contribution in [0.3, 0.4) is 0 Å². The largest absolute Gasteiger partial charge is 0.381 e. The SMILES string of the molecule is CN(C)C(=O)C(F)=Cc1cncn1C1CCOCC1. The van der Waals surface area contributed by atoms with Crippen LogP contribution in [0, 0.1) is 0 Å².